The number of halogens is 1. The van der Waals surface area contributed by atoms with E-state index in [1.54, 1.807) is 19.1 Å². The number of anilines is 1. The van der Waals surface area contributed by atoms with E-state index in [-0.39, 0.29) is 16.6 Å². The van der Waals surface area contributed by atoms with E-state index in [0.717, 1.165) is 0 Å². The van der Waals surface area contributed by atoms with Crippen molar-refractivity contribution in [1.82, 2.24) is 4.72 Å². The van der Waals surface area contributed by atoms with Gasteiger partial charge in [-0.1, -0.05) is 15.9 Å². The highest BCUT2D eigenvalue weighted by molar-refractivity contribution is 9.10. The molecule has 1 aromatic rings. The molecule has 3 N–H and O–H groups in total. The smallest absolute Gasteiger partial charge is 0.242 e. The summed E-state index contributed by atoms with van der Waals surface area (Å²) in [5, 5.41) is 0. The quantitative estimate of drug-likeness (QED) is 0.775. The predicted molar refractivity (Wildman–Crippen MR) is 74.8 cm³/mol. The molecule has 7 heteroatoms. The Morgan fingerprint density at radius 3 is 2.78 bits per heavy atom. The molecule has 0 aromatic heterocycles. The van der Waals surface area contributed by atoms with Crippen LogP contribution in [0, 0.1) is 0 Å². The fourth-order valence-electron chi connectivity index (χ4n) is 1.40. The molecule has 0 saturated carbocycles. The molecule has 5 nitrogen and oxygen atoms in total. The van der Waals surface area contributed by atoms with Crippen LogP contribution in [0.5, 0.6) is 0 Å². The third-order valence-electron chi connectivity index (χ3n) is 2.19. The molecule has 1 aromatic carbocycles. The molecule has 0 amide bonds. The van der Waals surface area contributed by atoms with Crippen LogP contribution in [0.4, 0.5) is 5.69 Å². The second kappa shape index (κ2) is 6.51. The van der Waals surface area contributed by atoms with E-state index in [0.29, 0.717) is 17.7 Å². The molecule has 0 saturated heterocycles. The lowest BCUT2D eigenvalue weighted by atomic mass is 10.3. The number of hydrogen-bond acceptors (Lipinski definition) is 4. The van der Waals surface area contributed by atoms with Crippen LogP contribution < -0.4 is 10.5 Å². The molecule has 0 aliphatic carbocycles. The second-order valence-electron chi connectivity index (χ2n) is 3.86. The van der Waals surface area contributed by atoms with Crippen LogP contribution in [0.15, 0.2) is 27.6 Å². The van der Waals surface area contributed by atoms with Crippen molar-refractivity contribution < 1.29 is 13.2 Å². The first-order valence-electron chi connectivity index (χ1n) is 5.52. The number of nitrogens with one attached hydrogen (secondary N) is 1. The van der Waals surface area contributed by atoms with E-state index in [9.17, 15) is 8.42 Å². The van der Waals surface area contributed by atoms with Gasteiger partial charge in [-0.15, -0.1) is 0 Å². The van der Waals surface area contributed by atoms with E-state index < -0.39 is 10.0 Å². The Labute approximate surface area is 116 Å². The summed E-state index contributed by atoms with van der Waals surface area (Å²) >= 11 is 3.22. The Morgan fingerprint density at radius 1 is 1.50 bits per heavy atom. The standard InChI is InChI=1S/C11H17BrN2O3S/c1-3-17-7-8(2)14-18(15,16)11-6-9(12)4-5-10(11)13/h4-6,8,14H,3,7,13H2,1-2H3. The third-order valence-corrected chi connectivity index (χ3v) is 4.33. The molecule has 102 valence electrons. The lowest BCUT2D eigenvalue weighted by Crippen LogP contribution is -2.36. The van der Waals surface area contributed by atoms with Gasteiger partial charge in [-0.25, -0.2) is 13.1 Å². The molecule has 0 heterocycles. The van der Waals surface area contributed by atoms with Gasteiger partial charge in [0, 0.05) is 17.1 Å². The van der Waals surface area contributed by atoms with E-state index in [4.69, 9.17) is 10.5 Å². The Morgan fingerprint density at radius 2 is 2.17 bits per heavy atom. The summed E-state index contributed by atoms with van der Waals surface area (Å²) in [6, 6.07) is 4.41. The molecule has 0 bridgehead atoms. The predicted octanol–water partition coefficient (Wildman–Crippen LogP) is 1.73. The topological polar surface area (TPSA) is 81.4 Å². The molecule has 1 atom stereocenters. The van der Waals surface area contributed by atoms with Gasteiger partial charge in [0.25, 0.3) is 0 Å². The molecule has 0 fully saturated rings. The van der Waals surface area contributed by atoms with Crippen LogP contribution in [0.25, 0.3) is 0 Å². The maximum absolute atomic E-state index is 12.1. The SMILES string of the molecule is CCOCC(C)NS(=O)(=O)c1cc(Br)ccc1N. The number of nitrogen functional groups attached to an aromatic ring is 1. The van der Waals surface area contributed by atoms with Crippen LogP contribution in [0.1, 0.15) is 13.8 Å². The lowest BCUT2D eigenvalue weighted by Gasteiger charge is -2.15. The summed E-state index contributed by atoms with van der Waals surface area (Å²) < 4.78 is 32.6. The van der Waals surface area contributed by atoms with E-state index >= 15 is 0 Å². The molecule has 0 aliphatic heterocycles. The Hall–Kier alpha value is -0.630. The van der Waals surface area contributed by atoms with Crippen molar-refractivity contribution in [2.24, 2.45) is 0 Å². The lowest BCUT2D eigenvalue weighted by molar-refractivity contribution is 0.133. The number of hydrogen-bond donors (Lipinski definition) is 2. The fraction of sp³-hybridized carbons (Fsp3) is 0.455. The summed E-state index contributed by atoms with van der Waals surface area (Å²) in [5.74, 6) is 0. The molecule has 0 aliphatic rings. The second-order valence-corrected chi connectivity index (χ2v) is 6.46. The van der Waals surface area contributed by atoms with Crippen molar-refractivity contribution in [1.29, 1.82) is 0 Å². The molecule has 18 heavy (non-hydrogen) atoms. The first kappa shape index (κ1) is 15.4. The van der Waals surface area contributed by atoms with Gasteiger partial charge in [0.05, 0.1) is 12.3 Å². The van der Waals surface area contributed by atoms with Gasteiger partial charge in [-0.3, -0.25) is 0 Å². The first-order valence-corrected chi connectivity index (χ1v) is 7.79. The molecule has 0 spiro atoms. The Bertz CT molecular complexity index is 505. The third kappa shape index (κ3) is 4.24. The first-order chi connectivity index (χ1) is 8.36. The number of nitrogens with two attached hydrogens (primary N) is 1. The van der Waals surface area contributed by atoms with E-state index in [1.807, 2.05) is 6.92 Å². The van der Waals surface area contributed by atoms with Crippen LogP contribution in [0.3, 0.4) is 0 Å². The van der Waals surface area contributed by atoms with E-state index in [2.05, 4.69) is 20.7 Å². The van der Waals surface area contributed by atoms with Gasteiger partial charge in [-0.05, 0) is 32.0 Å². The fourth-order valence-corrected chi connectivity index (χ4v) is 3.30. The number of rotatable bonds is 6. The van der Waals surface area contributed by atoms with Crippen LogP contribution in [-0.2, 0) is 14.8 Å². The summed E-state index contributed by atoms with van der Waals surface area (Å²) in [6.07, 6.45) is 0. The number of ether oxygens (including phenoxy) is 1. The normalized spacial score (nSPS) is 13.5. The molecule has 1 rings (SSSR count). The number of benzene rings is 1. The zero-order valence-electron chi connectivity index (χ0n) is 10.3. The van der Waals surface area contributed by atoms with Gasteiger partial charge >= 0.3 is 0 Å². The van der Waals surface area contributed by atoms with Crippen molar-refractivity contribution in [3.63, 3.8) is 0 Å². The number of sulfonamides is 1. The minimum Gasteiger partial charge on any atom is -0.398 e. The van der Waals surface area contributed by atoms with E-state index in [1.165, 1.54) is 6.07 Å². The van der Waals surface area contributed by atoms with Crippen LogP contribution in [-0.4, -0.2) is 27.7 Å². The van der Waals surface area contributed by atoms with Crippen molar-refractivity contribution in [2.45, 2.75) is 24.8 Å². The molecular formula is C11H17BrN2O3S. The maximum atomic E-state index is 12.1. The van der Waals surface area contributed by atoms with Crippen molar-refractivity contribution in [3.05, 3.63) is 22.7 Å². The zero-order chi connectivity index (χ0) is 13.8. The van der Waals surface area contributed by atoms with Gasteiger partial charge in [0.2, 0.25) is 10.0 Å². The average molecular weight is 337 g/mol. The largest absolute Gasteiger partial charge is 0.398 e. The summed E-state index contributed by atoms with van der Waals surface area (Å²) in [4.78, 5) is 0.0697. The average Bonchev–Trinajstić information content (AvgIpc) is 2.29. The van der Waals surface area contributed by atoms with Crippen molar-refractivity contribution in [2.75, 3.05) is 18.9 Å². The van der Waals surface area contributed by atoms with Crippen molar-refractivity contribution >= 4 is 31.6 Å². The zero-order valence-corrected chi connectivity index (χ0v) is 12.7. The minimum atomic E-state index is -3.63. The Kier molecular flexibility index (Phi) is 5.58. The molecular weight excluding hydrogens is 320 g/mol. The minimum absolute atomic E-state index is 0.0697. The van der Waals surface area contributed by atoms with Crippen molar-refractivity contribution in [3.8, 4) is 0 Å². The van der Waals surface area contributed by atoms with Gasteiger partial charge < -0.3 is 10.5 Å². The summed E-state index contributed by atoms with van der Waals surface area (Å²) in [6.45, 7) is 4.46. The van der Waals surface area contributed by atoms with Gasteiger partial charge in [0.1, 0.15) is 4.90 Å². The highest BCUT2D eigenvalue weighted by Crippen LogP contribution is 2.22. The summed E-state index contributed by atoms with van der Waals surface area (Å²) in [7, 11) is -3.63. The van der Waals surface area contributed by atoms with Crippen LogP contribution in [0.2, 0.25) is 0 Å². The van der Waals surface area contributed by atoms with Gasteiger partial charge in [-0.2, -0.15) is 0 Å². The highest BCUT2D eigenvalue weighted by Gasteiger charge is 2.20. The molecule has 0 radical (unpaired) electrons. The highest BCUT2D eigenvalue weighted by atomic mass is 79.9. The maximum Gasteiger partial charge on any atom is 0.242 e. The monoisotopic (exact) mass is 336 g/mol. The van der Waals surface area contributed by atoms with Crippen LogP contribution >= 0.6 is 15.9 Å². The molecule has 1 unspecified atom stereocenters. The summed E-state index contributed by atoms with van der Waals surface area (Å²) in [5.41, 5.74) is 5.90. The van der Waals surface area contributed by atoms with Gasteiger partial charge in [0.15, 0.2) is 0 Å². The Balaban J connectivity index is 2.89.